The molecule has 0 aliphatic heterocycles. The zero-order chi connectivity index (χ0) is 18.0. The van der Waals surface area contributed by atoms with Crippen LogP contribution in [-0.2, 0) is 11.3 Å². The fraction of sp³-hybridized carbons (Fsp3) is 0.294. The van der Waals surface area contributed by atoms with Crippen LogP contribution in [0.25, 0.3) is 0 Å². The molecule has 0 spiro atoms. The van der Waals surface area contributed by atoms with Crippen LogP contribution in [0, 0.1) is 11.6 Å². The summed E-state index contributed by atoms with van der Waals surface area (Å²) < 4.78 is 32.1. The minimum absolute atomic E-state index is 0.102. The third-order valence-corrected chi connectivity index (χ3v) is 4.72. The molecule has 0 radical (unpaired) electrons. The van der Waals surface area contributed by atoms with Gasteiger partial charge in [0.1, 0.15) is 11.6 Å². The van der Waals surface area contributed by atoms with Crippen LogP contribution in [0.1, 0.15) is 28.1 Å². The van der Waals surface area contributed by atoms with Crippen molar-refractivity contribution >= 4 is 29.0 Å². The molecule has 8 heteroatoms. The molecule has 1 aromatic heterocycles. The van der Waals surface area contributed by atoms with Gasteiger partial charge >= 0.3 is 12.0 Å². The molecule has 0 saturated heterocycles. The van der Waals surface area contributed by atoms with Gasteiger partial charge in [-0.3, -0.25) is 0 Å². The lowest BCUT2D eigenvalue weighted by Gasteiger charge is -2.22. The number of rotatable bonds is 5. The number of benzene rings is 1. The highest BCUT2D eigenvalue weighted by Gasteiger charge is 2.33. The Bertz CT molecular complexity index is 791. The summed E-state index contributed by atoms with van der Waals surface area (Å²) in [6.45, 7) is 0.417. The van der Waals surface area contributed by atoms with E-state index in [0.29, 0.717) is 12.6 Å². The van der Waals surface area contributed by atoms with E-state index >= 15 is 0 Å². The molecule has 1 N–H and O–H groups in total. The molecule has 0 unspecified atom stereocenters. The van der Waals surface area contributed by atoms with Gasteiger partial charge in [-0.15, -0.1) is 11.3 Å². The molecular weight excluding hydrogens is 350 g/mol. The smallest absolute Gasteiger partial charge is 0.340 e. The lowest BCUT2D eigenvalue weighted by molar-refractivity contribution is 0.0595. The van der Waals surface area contributed by atoms with E-state index in [0.717, 1.165) is 30.9 Å². The summed E-state index contributed by atoms with van der Waals surface area (Å²) in [6, 6.07) is 4.93. The second kappa shape index (κ2) is 7.18. The Hall–Kier alpha value is -2.48. The van der Waals surface area contributed by atoms with E-state index in [9.17, 15) is 18.4 Å². The highest BCUT2D eigenvalue weighted by molar-refractivity contribution is 7.09. The number of esters is 1. The maximum atomic E-state index is 14.0. The first kappa shape index (κ1) is 17.3. The molecule has 1 saturated carbocycles. The van der Waals surface area contributed by atoms with Gasteiger partial charge in [0.2, 0.25) is 0 Å². The summed E-state index contributed by atoms with van der Waals surface area (Å²) in [6.07, 6.45) is 1.77. The normalized spacial score (nSPS) is 13.4. The van der Waals surface area contributed by atoms with Crippen molar-refractivity contribution in [2.45, 2.75) is 25.4 Å². The number of hydrogen-bond donors (Lipinski definition) is 1. The molecule has 1 aliphatic carbocycles. The highest BCUT2D eigenvalue weighted by atomic mass is 32.1. The molecule has 0 atom stereocenters. The van der Waals surface area contributed by atoms with E-state index in [-0.39, 0.29) is 11.7 Å². The molecule has 1 aromatic carbocycles. The first-order valence-electron chi connectivity index (χ1n) is 7.67. The van der Waals surface area contributed by atoms with Crippen LogP contribution in [0.5, 0.6) is 0 Å². The van der Waals surface area contributed by atoms with E-state index in [4.69, 9.17) is 0 Å². The number of urea groups is 1. The third-order valence-electron chi connectivity index (χ3n) is 3.86. The lowest BCUT2D eigenvalue weighted by Crippen LogP contribution is -2.36. The van der Waals surface area contributed by atoms with Crippen molar-refractivity contribution in [1.29, 1.82) is 0 Å². The molecule has 0 bridgehead atoms. The van der Waals surface area contributed by atoms with E-state index in [1.165, 1.54) is 11.3 Å². The Labute approximate surface area is 147 Å². The SMILES string of the molecule is COC(=O)c1cc(NC(=O)N(Cc2cccs2)C2CC2)c(F)cc1F. The van der Waals surface area contributed by atoms with E-state index in [1.54, 1.807) is 4.90 Å². The Morgan fingerprint density at radius 2 is 2.08 bits per heavy atom. The average Bonchev–Trinajstić information content (AvgIpc) is 3.30. The van der Waals surface area contributed by atoms with E-state index < -0.39 is 29.2 Å². The van der Waals surface area contributed by atoms with Gasteiger partial charge in [0.05, 0.1) is 24.9 Å². The lowest BCUT2D eigenvalue weighted by atomic mass is 10.2. The zero-order valence-corrected chi connectivity index (χ0v) is 14.2. The Kier molecular flexibility index (Phi) is 4.98. The van der Waals surface area contributed by atoms with Gasteiger partial charge in [0, 0.05) is 17.0 Å². The quantitative estimate of drug-likeness (QED) is 0.814. The van der Waals surface area contributed by atoms with Crippen LogP contribution in [-0.4, -0.2) is 30.1 Å². The molecule has 5 nitrogen and oxygen atoms in total. The molecular formula is C17H16F2N2O3S. The highest BCUT2D eigenvalue weighted by Crippen LogP contribution is 2.30. The maximum Gasteiger partial charge on any atom is 0.340 e. The number of carbonyl (C=O) groups is 2. The van der Waals surface area contributed by atoms with Gasteiger partial charge in [0.15, 0.2) is 0 Å². The molecule has 2 aromatic rings. The van der Waals surface area contributed by atoms with Crippen molar-refractivity contribution in [1.82, 2.24) is 4.90 Å². The van der Waals surface area contributed by atoms with Crippen molar-refractivity contribution < 1.29 is 23.1 Å². The largest absolute Gasteiger partial charge is 0.465 e. The van der Waals surface area contributed by atoms with Gasteiger partial charge in [-0.05, 0) is 30.4 Å². The Morgan fingerprint density at radius 3 is 2.68 bits per heavy atom. The number of carbonyl (C=O) groups excluding carboxylic acids is 2. The number of halogens is 2. The van der Waals surface area contributed by atoms with Crippen LogP contribution in [0.3, 0.4) is 0 Å². The number of ether oxygens (including phenoxy) is 1. The number of amides is 2. The Balaban J connectivity index is 1.80. The molecule has 1 aliphatic rings. The summed E-state index contributed by atoms with van der Waals surface area (Å²) in [5.74, 6) is -2.93. The number of hydrogen-bond acceptors (Lipinski definition) is 4. The summed E-state index contributed by atoms with van der Waals surface area (Å²) in [4.78, 5) is 26.7. The van der Waals surface area contributed by atoms with Crippen LogP contribution in [0.4, 0.5) is 19.3 Å². The molecule has 2 amide bonds. The van der Waals surface area contributed by atoms with Crippen LogP contribution in [0.2, 0.25) is 0 Å². The van der Waals surface area contributed by atoms with Crippen molar-refractivity contribution in [3.8, 4) is 0 Å². The topological polar surface area (TPSA) is 58.6 Å². The zero-order valence-electron chi connectivity index (χ0n) is 13.4. The molecule has 1 fully saturated rings. The van der Waals surface area contributed by atoms with Gasteiger partial charge in [0.25, 0.3) is 0 Å². The van der Waals surface area contributed by atoms with Crippen molar-refractivity contribution in [2.24, 2.45) is 0 Å². The predicted molar refractivity (Wildman–Crippen MR) is 89.6 cm³/mol. The molecule has 1 heterocycles. The van der Waals surface area contributed by atoms with Crippen LogP contribution >= 0.6 is 11.3 Å². The van der Waals surface area contributed by atoms with E-state index in [1.807, 2.05) is 17.5 Å². The summed E-state index contributed by atoms with van der Waals surface area (Å²) in [7, 11) is 1.10. The minimum atomic E-state index is -1.04. The summed E-state index contributed by atoms with van der Waals surface area (Å²) >= 11 is 1.53. The number of thiophene rings is 1. The average molecular weight is 366 g/mol. The Morgan fingerprint density at radius 1 is 1.32 bits per heavy atom. The van der Waals surface area contributed by atoms with Crippen LogP contribution < -0.4 is 5.32 Å². The molecule has 3 rings (SSSR count). The summed E-state index contributed by atoms with van der Waals surface area (Å²) in [5, 5.41) is 4.35. The minimum Gasteiger partial charge on any atom is -0.465 e. The second-order valence-corrected chi connectivity index (χ2v) is 6.70. The first-order valence-corrected chi connectivity index (χ1v) is 8.55. The van der Waals surface area contributed by atoms with Gasteiger partial charge in [-0.25, -0.2) is 18.4 Å². The number of nitrogens with zero attached hydrogens (tertiary/aromatic N) is 1. The number of nitrogens with one attached hydrogen (secondary N) is 1. The molecule has 132 valence electrons. The standard InChI is InChI=1S/C17H16F2N2O3S/c1-24-16(22)12-7-15(14(19)8-13(12)18)20-17(23)21(10-4-5-10)9-11-3-2-6-25-11/h2-3,6-8,10H,4-5,9H2,1H3,(H,20,23). The van der Waals surface area contributed by atoms with Crippen molar-refractivity contribution in [3.05, 3.63) is 51.7 Å². The van der Waals surface area contributed by atoms with Gasteiger partial charge < -0.3 is 15.0 Å². The fourth-order valence-electron chi connectivity index (χ4n) is 2.42. The van der Waals surface area contributed by atoms with Crippen LogP contribution in [0.15, 0.2) is 29.6 Å². The number of methoxy groups -OCH3 is 1. The first-order chi connectivity index (χ1) is 12.0. The predicted octanol–water partition coefficient (Wildman–Crippen LogP) is 4.01. The second-order valence-electron chi connectivity index (χ2n) is 5.67. The fourth-order valence-corrected chi connectivity index (χ4v) is 3.12. The van der Waals surface area contributed by atoms with Gasteiger partial charge in [-0.1, -0.05) is 6.07 Å². The van der Waals surface area contributed by atoms with Gasteiger partial charge in [-0.2, -0.15) is 0 Å². The molecule has 25 heavy (non-hydrogen) atoms. The number of anilines is 1. The third kappa shape index (κ3) is 3.96. The maximum absolute atomic E-state index is 14.0. The van der Waals surface area contributed by atoms with Crippen molar-refractivity contribution in [2.75, 3.05) is 12.4 Å². The van der Waals surface area contributed by atoms with Crippen molar-refractivity contribution in [3.63, 3.8) is 0 Å². The summed E-state index contributed by atoms with van der Waals surface area (Å²) in [5.41, 5.74) is -0.695. The van der Waals surface area contributed by atoms with E-state index in [2.05, 4.69) is 10.1 Å². The monoisotopic (exact) mass is 366 g/mol.